The van der Waals surface area contributed by atoms with E-state index in [9.17, 15) is 8.42 Å². The van der Waals surface area contributed by atoms with Gasteiger partial charge in [-0.25, -0.2) is 17.7 Å². The fourth-order valence-electron chi connectivity index (χ4n) is 1.86. The monoisotopic (exact) mass is 325 g/mol. The van der Waals surface area contributed by atoms with Crippen LogP contribution in [0.2, 0.25) is 0 Å². The van der Waals surface area contributed by atoms with Crippen LogP contribution >= 0.6 is 11.3 Å². The number of pyridine rings is 1. The number of sulfonamides is 1. The summed E-state index contributed by atoms with van der Waals surface area (Å²) < 4.78 is 25.1. The van der Waals surface area contributed by atoms with Gasteiger partial charge >= 0.3 is 0 Å². The Balaban J connectivity index is 2.07. The van der Waals surface area contributed by atoms with Gasteiger partial charge in [0.1, 0.15) is 10.7 Å². The summed E-state index contributed by atoms with van der Waals surface area (Å²) in [4.78, 5) is 5.65. The number of anilines is 1. The van der Waals surface area contributed by atoms with E-state index in [0.29, 0.717) is 12.4 Å². The molecule has 2 heterocycles. The van der Waals surface area contributed by atoms with Crippen molar-refractivity contribution < 1.29 is 8.42 Å². The number of aromatic nitrogens is 1. The van der Waals surface area contributed by atoms with E-state index in [1.165, 1.54) is 35.0 Å². The van der Waals surface area contributed by atoms with Crippen LogP contribution in [0.1, 0.15) is 17.4 Å². The predicted molar refractivity (Wildman–Crippen MR) is 86.1 cm³/mol. The smallest absolute Gasteiger partial charge is 0.244 e. The van der Waals surface area contributed by atoms with Gasteiger partial charge in [0.2, 0.25) is 10.0 Å². The minimum atomic E-state index is -3.42. The lowest BCUT2D eigenvalue weighted by molar-refractivity contribution is 0.520. The molecule has 0 aliphatic carbocycles. The lowest BCUT2D eigenvalue weighted by atomic mass is 10.2. The van der Waals surface area contributed by atoms with Gasteiger partial charge in [-0.05, 0) is 35.6 Å². The SMILES string of the molecule is CCc1ccsc1CNc1ccc(S(=O)(=O)N(C)C)cn1. The van der Waals surface area contributed by atoms with Crippen molar-refractivity contribution in [1.82, 2.24) is 9.29 Å². The predicted octanol–water partition coefficient (Wildman–Crippen LogP) is 2.57. The molecule has 0 spiro atoms. The molecular formula is C14H19N3O2S2. The summed E-state index contributed by atoms with van der Waals surface area (Å²) in [7, 11) is -0.408. The zero-order valence-electron chi connectivity index (χ0n) is 12.3. The summed E-state index contributed by atoms with van der Waals surface area (Å²) in [5.41, 5.74) is 1.33. The molecule has 0 fully saturated rings. The molecule has 2 aromatic rings. The highest BCUT2D eigenvalue weighted by molar-refractivity contribution is 7.89. The molecule has 0 amide bonds. The van der Waals surface area contributed by atoms with Crippen LogP contribution in [0.15, 0.2) is 34.7 Å². The highest BCUT2D eigenvalue weighted by atomic mass is 32.2. The lowest BCUT2D eigenvalue weighted by Crippen LogP contribution is -2.22. The van der Waals surface area contributed by atoms with Gasteiger partial charge in [0, 0.05) is 25.2 Å². The van der Waals surface area contributed by atoms with Crippen LogP contribution in [0.25, 0.3) is 0 Å². The molecule has 114 valence electrons. The largest absolute Gasteiger partial charge is 0.365 e. The van der Waals surface area contributed by atoms with Crippen molar-refractivity contribution in [1.29, 1.82) is 0 Å². The van der Waals surface area contributed by atoms with Gasteiger partial charge in [-0.2, -0.15) is 0 Å². The average Bonchev–Trinajstić information content (AvgIpc) is 2.92. The van der Waals surface area contributed by atoms with Crippen LogP contribution in [0.4, 0.5) is 5.82 Å². The number of thiophene rings is 1. The fraction of sp³-hybridized carbons (Fsp3) is 0.357. The zero-order valence-corrected chi connectivity index (χ0v) is 14.0. The minimum absolute atomic E-state index is 0.198. The van der Waals surface area contributed by atoms with Gasteiger partial charge in [0.25, 0.3) is 0 Å². The third-order valence-electron chi connectivity index (χ3n) is 3.16. The molecule has 21 heavy (non-hydrogen) atoms. The van der Waals surface area contributed by atoms with Crippen molar-refractivity contribution in [3.8, 4) is 0 Å². The Labute approximate surface area is 129 Å². The van der Waals surface area contributed by atoms with Crippen molar-refractivity contribution >= 4 is 27.2 Å². The van der Waals surface area contributed by atoms with Crippen molar-refractivity contribution in [2.45, 2.75) is 24.8 Å². The van der Waals surface area contributed by atoms with Crippen LogP contribution < -0.4 is 5.32 Å². The minimum Gasteiger partial charge on any atom is -0.365 e. The van der Waals surface area contributed by atoms with Crippen molar-refractivity contribution in [3.05, 3.63) is 40.2 Å². The van der Waals surface area contributed by atoms with Gasteiger partial charge in [-0.3, -0.25) is 0 Å². The molecule has 0 radical (unpaired) electrons. The van der Waals surface area contributed by atoms with Crippen molar-refractivity contribution in [2.24, 2.45) is 0 Å². The zero-order chi connectivity index (χ0) is 15.5. The number of hydrogen-bond donors (Lipinski definition) is 1. The quantitative estimate of drug-likeness (QED) is 0.886. The van der Waals surface area contributed by atoms with Crippen molar-refractivity contribution in [3.63, 3.8) is 0 Å². The van der Waals surface area contributed by atoms with E-state index in [0.717, 1.165) is 6.42 Å². The first-order valence-electron chi connectivity index (χ1n) is 6.63. The molecule has 0 atom stereocenters. The van der Waals surface area contributed by atoms with E-state index in [1.54, 1.807) is 23.5 Å². The molecule has 2 rings (SSSR count). The molecule has 0 bridgehead atoms. The summed E-state index contributed by atoms with van der Waals surface area (Å²) in [5.74, 6) is 0.670. The Hall–Kier alpha value is -1.44. The highest BCUT2D eigenvalue weighted by Crippen LogP contribution is 2.19. The van der Waals surface area contributed by atoms with Gasteiger partial charge in [0.15, 0.2) is 0 Å². The van der Waals surface area contributed by atoms with Gasteiger partial charge in [-0.15, -0.1) is 11.3 Å². The Morgan fingerprint density at radius 2 is 2.05 bits per heavy atom. The fourth-order valence-corrected chi connectivity index (χ4v) is 3.62. The molecule has 7 heteroatoms. The van der Waals surface area contributed by atoms with E-state index < -0.39 is 10.0 Å². The summed E-state index contributed by atoms with van der Waals surface area (Å²) in [5, 5.41) is 5.30. The molecule has 0 unspecified atom stereocenters. The van der Waals surface area contributed by atoms with Crippen LogP contribution in [-0.4, -0.2) is 31.8 Å². The third kappa shape index (κ3) is 3.61. The first kappa shape index (κ1) is 15.9. The molecule has 0 aliphatic rings. The summed E-state index contributed by atoms with van der Waals surface area (Å²) in [6.45, 7) is 2.83. The first-order chi connectivity index (χ1) is 9.95. The maximum absolute atomic E-state index is 11.9. The normalized spacial score (nSPS) is 11.8. The van der Waals surface area contributed by atoms with E-state index in [4.69, 9.17) is 0 Å². The summed E-state index contributed by atoms with van der Waals surface area (Å²) in [6.07, 6.45) is 2.39. The second-order valence-corrected chi connectivity index (χ2v) is 7.90. The molecule has 0 saturated carbocycles. The second-order valence-electron chi connectivity index (χ2n) is 4.74. The summed E-state index contributed by atoms with van der Waals surface area (Å²) in [6, 6.07) is 5.39. The Morgan fingerprint density at radius 3 is 2.62 bits per heavy atom. The molecular weight excluding hydrogens is 306 g/mol. The average molecular weight is 325 g/mol. The van der Waals surface area contributed by atoms with Gasteiger partial charge < -0.3 is 5.32 Å². The van der Waals surface area contributed by atoms with E-state index in [-0.39, 0.29) is 4.90 Å². The van der Waals surface area contributed by atoms with E-state index >= 15 is 0 Å². The Bertz CT molecular complexity index is 691. The lowest BCUT2D eigenvalue weighted by Gasteiger charge is -2.11. The Kier molecular flexibility index (Phi) is 4.97. The first-order valence-corrected chi connectivity index (χ1v) is 8.94. The van der Waals surface area contributed by atoms with Gasteiger partial charge in [-0.1, -0.05) is 6.92 Å². The van der Waals surface area contributed by atoms with Crippen LogP contribution in [0, 0.1) is 0 Å². The van der Waals surface area contributed by atoms with E-state index in [1.807, 2.05) is 0 Å². The molecule has 0 saturated heterocycles. The third-order valence-corrected chi connectivity index (χ3v) is 5.93. The number of nitrogens with one attached hydrogen (secondary N) is 1. The summed E-state index contributed by atoms with van der Waals surface area (Å²) >= 11 is 1.71. The molecule has 2 aromatic heterocycles. The second kappa shape index (κ2) is 6.55. The standard InChI is InChI=1S/C14H19N3O2S2/c1-4-11-7-8-20-13(11)10-16-14-6-5-12(9-15-14)21(18,19)17(2)3/h5-9H,4,10H2,1-3H3,(H,15,16). The number of aryl methyl sites for hydroxylation is 1. The van der Waals surface area contributed by atoms with Crippen molar-refractivity contribution in [2.75, 3.05) is 19.4 Å². The number of rotatable bonds is 6. The van der Waals surface area contributed by atoms with Crippen LogP contribution in [0.3, 0.4) is 0 Å². The van der Waals surface area contributed by atoms with E-state index in [2.05, 4.69) is 28.7 Å². The Morgan fingerprint density at radius 1 is 1.29 bits per heavy atom. The number of nitrogens with zero attached hydrogens (tertiary/aromatic N) is 2. The molecule has 1 N–H and O–H groups in total. The molecule has 0 aromatic carbocycles. The molecule has 0 aliphatic heterocycles. The van der Waals surface area contributed by atoms with Crippen LogP contribution in [-0.2, 0) is 23.0 Å². The maximum atomic E-state index is 11.9. The van der Waals surface area contributed by atoms with Gasteiger partial charge in [0.05, 0.1) is 6.54 Å². The maximum Gasteiger partial charge on any atom is 0.244 e. The van der Waals surface area contributed by atoms with Crippen LogP contribution in [0.5, 0.6) is 0 Å². The molecule has 5 nitrogen and oxygen atoms in total. The topological polar surface area (TPSA) is 62.3 Å². The number of hydrogen-bond acceptors (Lipinski definition) is 5. The highest BCUT2D eigenvalue weighted by Gasteiger charge is 2.17.